The summed E-state index contributed by atoms with van der Waals surface area (Å²) in [4.78, 5) is 4.42. The normalized spacial score (nSPS) is 30.3. The van der Waals surface area contributed by atoms with Crippen LogP contribution in [0.5, 0.6) is 0 Å². The van der Waals surface area contributed by atoms with Crippen LogP contribution in [0.2, 0.25) is 0 Å². The van der Waals surface area contributed by atoms with Crippen LogP contribution < -0.4 is 5.32 Å². The van der Waals surface area contributed by atoms with Gasteiger partial charge in [0.15, 0.2) is 5.13 Å². The molecule has 0 aliphatic heterocycles. The summed E-state index contributed by atoms with van der Waals surface area (Å²) < 4.78 is 0. The Morgan fingerprint density at radius 1 is 1.69 bits per heavy atom. The number of anilines is 1. The van der Waals surface area contributed by atoms with Gasteiger partial charge in [-0.3, -0.25) is 0 Å². The molecule has 3 nitrogen and oxygen atoms in total. The van der Waals surface area contributed by atoms with E-state index in [0.717, 1.165) is 23.7 Å². The maximum Gasteiger partial charge on any atom is 0.183 e. The number of aliphatic hydroxyl groups excluding tert-OH is 1. The van der Waals surface area contributed by atoms with Crippen molar-refractivity contribution in [3.05, 3.63) is 11.1 Å². The van der Waals surface area contributed by atoms with Crippen LogP contribution in [0.1, 0.15) is 38.3 Å². The molecule has 2 N–H and O–H groups in total. The molecular weight excluding hydrogens is 220 g/mol. The largest absolute Gasteiger partial charge is 0.394 e. The van der Waals surface area contributed by atoms with Crippen molar-refractivity contribution in [2.45, 2.75) is 45.1 Å². The minimum Gasteiger partial charge on any atom is -0.394 e. The molecule has 0 bridgehead atoms. The summed E-state index contributed by atoms with van der Waals surface area (Å²) in [5, 5.41) is 16.1. The molecule has 1 heterocycles. The predicted molar refractivity (Wildman–Crippen MR) is 67.9 cm³/mol. The minimum atomic E-state index is -0.137. The summed E-state index contributed by atoms with van der Waals surface area (Å²) in [6, 6.07) is 0. The van der Waals surface area contributed by atoms with Gasteiger partial charge in [0, 0.05) is 5.38 Å². The fraction of sp³-hybridized carbons (Fsp3) is 0.750. The molecule has 2 unspecified atom stereocenters. The van der Waals surface area contributed by atoms with E-state index in [1.54, 1.807) is 11.3 Å². The lowest BCUT2D eigenvalue weighted by Gasteiger charge is -2.39. The second kappa shape index (κ2) is 4.72. The summed E-state index contributed by atoms with van der Waals surface area (Å²) in [5.41, 5.74) is 0.909. The van der Waals surface area contributed by atoms with E-state index in [-0.39, 0.29) is 12.1 Å². The van der Waals surface area contributed by atoms with Gasteiger partial charge in [0.25, 0.3) is 0 Å². The molecule has 1 aromatic rings. The highest BCUT2D eigenvalue weighted by Gasteiger charge is 2.34. The minimum absolute atomic E-state index is 0.137. The van der Waals surface area contributed by atoms with E-state index in [4.69, 9.17) is 0 Å². The third-order valence-corrected chi connectivity index (χ3v) is 4.26. The zero-order valence-electron chi connectivity index (χ0n) is 9.99. The zero-order chi connectivity index (χ0) is 11.6. The third kappa shape index (κ3) is 2.55. The Kier molecular flexibility index (Phi) is 3.50. The van der Waals surface area contributed by atoms with Gasteiger partial charge in [-0.1, -0.05) is 19.8 Å². The third-order valence-electron chi connectivity index (χ3n) is 3.39. The Bertz CT molecular complexity index is 353. The van der Waals surface area contributed by atoms with Crippen molar-refractivity contribution in [2.75, 3.05) is 11.9 Å². The molecule has 0 amide bonds. The quantitative estimate of drug-likeness (QED) is 0.854. The Morgan fingerprint density at radius 2 is 2.50 bits per heavy atom. The first-order chi connectivity index (χ1) is 7.63. The van der Waals surface area contributed by atoms with E-state index >= 15 is 0 Å². The Labute approximate surface area is 101 Å². The van der Waals surface area contributed by atoms with Gasteiger partial charge in [-0.15, -0.1) is 11.3 Å². The highest BCUT2D eigenvalue weighted by molar-refractivity contribution is 7.13. The average molecular weight is 240 g/mol. The topological polar surface area (TPSA) is 45.1 Å². The monoisotopic (exact) mass is 240 g/mol. The molecule has 16 heavy (non-hydrogen) atoms. The number of aliphatic hydroxyl groups is 1. The van der Waals surface area contributed by atoms with Gasteiger partial charge in [-0.25, -0.2) is 4.98 Å². The molecule has 2 atom stereocenters. The second-order valence-corrected chi connectivity index (χ2v) is 5.92. The highest BCUT2D eigenvalue weighted by atomic mass is 32.1. The molecule has 90 valence electrons. The van der Waals surface area contributed by atoms with Crippen molar-refractivity contribution in [1.29, 1.82) is 0 Å². The van der Waals surface area contributed by atoms with Crippen molar-refractivity contribution in [3.8, 4) is 0 Å². The van der Waals surface area contributed by atoms with Gasteiger partial charge in [0.1, 0.15) is 0 Å². The standard InChI is InChI=1S/C12H20N2OS/c1-9-4-3-5-12(6-9,8-15)14-11-13-10(2)7-16-11/h7,9,15H,3-6,8H2,1-2H3,(H,13,14). The van der Waals surface area contributed by atoms with Gasteiger partial charge in [0.05, 0.1) is 17.8 Å². The predicted octanol–water partition coefficient (Wildman–Crippen LogP) is 2.80. The lowest BCUT2D eigenvalue weighted by Crippen LogP contribution is -2.45. The van der Waals surface area contributed by atoms with Gasteiger partial charge in [-0.05, 0) is 25.7 Å². The molecule has 1 aliphatic rings. The van der Waals surface area contributed by atoms with E-state index in [1.807, 2.05) is 12.3 Å². The highest BCUT2D eigenvalue weighted by Crippen LogP contribution is 2.35. The van der Waals surface area contributed by atoms with Gasteiger partial charge in [-0.2, -0.15) is 0 Å². The Balaban J connectivity index is 2.09. The number of aryl methyl sites for hydroxylation is 1. The number of nitrogens with one attached hydrogen (secondary N) is 1. The van der Waals surface area contributed by atoms with Crippen LogP contribution in [0.3, 0.4) is 0 Å². The summed E-state index contributed by atoms with van der Waals surface area (Å²) in [5.74, 6) is 0.689. The van der Waals surface area contributed by atoms with E-state index in [1.165, 1.54) is 12.8 Å². The first kappa shape index (κ1) is 11.9. The SMILES string of the molecule is Cc1csc(NC2(CO)CCCC(C)C2)n1. The lowest BCUT2D eigenvalue weighted by atomic mass is 9.77. The van der Waals surface area contributed by atoms with Crippen LogP contribution in [-0.2, 0) is 0 Å². The number of nitrogens with zero attached hydrogens (tertiary/aromatic N) is 1. The van der Waals surface area contributed by atoms with Crippen LogP contribution in [0, 0.1) is 12.8 Å². The van der Waals surface area contributed by atoms with Crippen LogP contribution in [-0.4, -0.2) is 22.2 Å². The molecule has 1 saturated carbocycles. The maximum absolute atomic E-state index is 9.64. The second-order valence-electron chi connectivity index (χ2n) is 5.06. The summed E-state index contributed by atoms with van der Waals surface area (Å²) in [6.07, 6.45) is 4.56. The molecule has 0 radical (unpaired) electrons. The molecule has 1 aromatic heterocycles. The Hall–Kier alpha value is -0.610. The summed E-state index contributed by atoms with van der Waals surface area (Å²) in [6.45, 7) is 4.46. The fourth-order valence-electron chi connectivity index (χ4n) is 2.59. The van der Waals surface area contributed by atoms with E-state index in [0.29, 0.717) is 5.92 Å². The van der Waals surface area contributed by atoms with Crippen molar-refractivity contribution in [2.24, 2.45) is 5.92 Å². The van der Waals surface area contributed by atoms with E-state index in [9.17, 15) is 5.11 Å². The van der Waals surface area contributed by atoms with E-state index < -0.39 is 0 Å². The number of rotatable bonds is 3. The van der Waals surface area contributed by atoms with Crippen molar-refractivity contribution in [3.63, 3.8) is 0 Å². The number of thiazole rings is 1. The molecule has 1 fully saturated rings. The maximum atomic E-state index is 9.64. The molecular formula is C12H20N2OS. The Morgan fingerprint density at radius 3 is 3.06 bits per heavy atom. The first-order valence-electron chi connectivity index (χ1n) is 5.95. The van der Waals surface area contributed by atoms with Crippen molar-refractivity contribution < 1.29 is 5.11 Å². The lowest BCUT2D eigenvalue weighted by molar-refractivity contribution is 0.149. The van der Waals surface area contributed by atoms with Crippen molar-refractivity contribution >= 4 is 16.5 Å². The molecule has 0 spiro atoms. The number of hydrogen-bond donors (Lipinski definition) is 2. The average Bonchev–Trinajstić information content (AvgIpc) is 2.64. The molecule has 1 aliphatic carbocycles. The van der Waals surface area contributed by atoms with Crippen molar-refractivity contribution in [1.82, 2.24) is 4.98 Å². The smallest absolute Gasteiger partial charge is 0.183 e. The summed E-state index contributed by atoms with van der Waals surface area (Å²) in [7, 11) is 0. The van der Waals surface area contributed by atoms with E-state index in [2.05, 4.69) is 17.2 Å². The zero-order valence-corrected chi connectivity index (χ0v) is 10.8. The summed E-state index contributed by atoms with van der Waals surface area (Å²) >= 11 is 1.62. The number of hydrogen-bond acceptors (Lipinski definition) is 4. The molecule has 0 aromatic carbocycles. The van der Waals surface area contributed by atoms with Crippen LogP contribution in [0.25, 0.3) is 0 Å². The molecule has 4 heteroatoms. The van der Waals surface area contributed by atoms with Gasteiger partial charge >= 0.3 is 0 Å². The van der Waals surface area contributed by atoms with Gasteiger partial charge < -0.3 is 10.4 Å². The molecule has 0 saturated heterocycles. The van der Waals surface area contributed by atoms with Crippen LogP contribution >= 0.6 is 11.3 Å². The van der Waals surface area contributed by atoms with Crippen LogP contribution in [0.15, 0.2) is 5.38 Å². The first-order valence-corrected chi connectivity index (χ1v) is 6.83. The molecule has 2 rings (SSSR count). The van der Waals surface area contributed by atoms with Gasteiger partial charge in [0.2, 0.25) is 0 Å². The fourth-order valence-corrected chi connectivity index (χ4v) is 3.40. The van der Waals surface area contributed by atoms with Crippen LogP contribution in [0.4, 0.5) is 5.13 Å². The number of aromatic nitrogens is 1.